The fraction of sp³-hybridized carbons (Fsp3) is 0.476. The van der Waals surface area contributed by atoms with E-state index in [0.717, 1.165) is 12.8 Å². The van der Waals surface area contributed by atoms with E-state index in [0.29, 0.717) is 19.5 Å². The molecule has 2 N–H and O–H groups in total. The molecule has 7 nitrogen and oxygen atoms in total. The Morgan fingerprint density at radius 3 is 2.47 bits per heavy atom. The van der Waals surface area contributed by atoms with Gasteiger partial charge in [0.25, 0.3) is 5.91 Å². The Hall–Kier alpha value is -2.61. The summed E-state index contributed by atoms with van der Waals surface area (Å²) in [6, 6.07) is 4.25. The summed E-state index contributed by atoms with van der Waals surface area (Å²) < 4.78 is 24.5. The van der Waals surface area contributed by atoms with E-state index in [1.165, 1.54) is 18.2 Å². The summed E-state index contributed by atoms with van der Waals surface area (Å²) in [5.74, 6) is -0.708. The molecule has 0 aliphatic rings. The third-order valence-corrected chi connectivity index (χ3v) is 4.41. The van der Waals surface area contributed by atoms with Crippen molar-refractivity contribution in [2.45, 2.75) is 52.6 Å². The van der Waals surface area contributed by atoms with Crippen LogP contribution in [0.3, 0.4) is 0 Å². The van der Waals surface area contributed by atoms with Crippen LogP contribution in [0.4, 0.5) is 9.18 Å². The van der Waals surface area contributed by atoms with E-state index < -0.39 is 23.4 Å². The van der Waals surface area contributed by atoms with E-state index in [2.05, 4.69) is 15.8 Å². The quantitative estimate of drug-likeness (QED) is 0.572. The predicted molar refractivity (Wildman–Crippen MR) is 112 cm³/mol. The van der Waals surface area contributed by atoms with Crippen LogP contribution in [0.15, 0.2) is 22.7 Å². The zero-order valence-electron chi connectivity index (χ0n) is 17.6. The van der Waals surface area contributed by atoms with Gasteiger partial charge >= 0.3 is 6.09 Å². The van der Waals surface area contributed by atoms with Gasteiger partial charge in [0, 0.05) is 13.1 Å². The molecule has 1 aromatic heterocycles. The maximum absolute atomic E-state index is 14.2. The van der Waals surface area contributed by atoms with Crippen LogP contribution in [0.25, 0.3) is 11.3 Å². The molecule has 1 heterocycles. The fourth-order valence-corrected chi connectivity index (χ4v) is 3.01. The summed E-state index contributed by atoms with van der Waals surface area (Å²) in [5.41, 5.74) is -0.252. The highest BCUT2D eigenvalue weighted by Gasteiger charge is 2.25. The van der Waals surface area contributed by atoms with Gasteiger partial charge in [-0.1, -0.05) is 22.8 Å². The van der Waals surface area contributed by atoms with Gasteiger partial charge in [0.2, 0.25) is 0 Å². The molecule has 9 heteroatoms. The van der Waals surface area contributed by atoms with Crippen molar-refractivity contribution in [3.63, 3.8) is 0 Å². The molecule has 0 radical (unpaired) electrons. The molecule has 0 bridgehead atoms. The second kappa shape index (κ2) is 10.4. The van der Waals surface area contributed by atoms with E-state index in [9.17, 15) is 14.0 Å². The van der Waals surface area contributed by atoms with Crippen LogP contribution < -0.4 is 10.6 Å². The largest absolute Gasteiger partial charge is 0.444 e. The first kappa shape index (κ1) is 23.7. The van der Waals surface area contributed by atoms with Crippen LogP contribution in [-0.2, 0) is 4.74 Å². The number of alkyl carbamates (subject to hydrolysis) is 1. The number of halogens is 2. The average molecular weight is 440 g/mol. The molecular weight excluding hydrogens is 413 g/mol. The second-order valence-corrected chi connectivity index (χ2v) is 8.21. The van der Waals surface area contributed by atoms with E-state index in [-0.39, 0.29) is 27.6 Å². The van der Waals surface area contributed by atoms with Crippen LogP contribution in [0.2, 0.25) is 5.02 Å². The number of benzene rings is 1. The summed E-state index contributed by atoms with van der Waals surface area (Å²) in [7, 11) is 0. The molecule has 0 atom stereocenters. The Kier molecular flexibility index (Phi) is 8.23. The Morgan fingerprint density at radius 1 is 1.17 bits per heavy atom. The first-order valence-corrected chi connectivity index (χ1v) is 10.1. The third kappa shape index (κ3) is 6.73. The molecule has 0 saturated carbocycles. The smallest absolute Gasteiger partial charge is 0.407 e. The summed E-state index contributed by atoms with van der Waals surface area (Å²) in [6.45, 7) is 7.90. The molecule has 0 unspecified atom stereocenters. The number of aromatic nitrogens is 1. The van der Waals surface area contributed by atoms with Crippen molar-refractivity contribution in [2.75, 3.05) is 13.1 Å². The van der Waals surface area contributed by atoms with E-state index in [4.69, 9.17) is 20.9 Å². The lowest BCUT2D eigenvalue weighted by molar-refractivity contribution is 0.0527. The number of carbonyl (C=O) groups excluding carboxylic acids is 2. The molecular formula is C21H27ClFN3O4. The monoisotopic (exact) mass is 439 g/mol. The van der Waals surface area contributed by atoms with Crippen molar-refractivity contribution in [2.24, 2.45) is 0 Å². The van der Waals surface area contributed by atoms with Crippen LogP contribution in [0.1, 0.15) is 56.2 Å². The standard InChI is InChI=1S/C21H27ClFN3O4/c1-13-16(18(26-30-13)17-14(22)9-8-10-15(17)23)19(27)24-11-6-5-7-12-25-20(28)29-21(2,3)4/h8-10H,5-7,11-12H2,1-4H3,(H,24,27)(H,25,28). The number of nitrogens with zero attached hydrogens (tertiary/aromatic N) is 1. The van der Waals surface area contributed by atoms with Gasteiger partial charge in [-0.25, -0.2) is 9.18 Å². The molecule has 0 fully saturated rings. The highest BCUT2D eigenvalue weighted by Crippen LogP contribution is 2.33. The number of unbranched alkanes of at least 4 members (excludes halogenated alkanes) is 2. The van der Waals surface area contributed by atoms with Crippen molar-refractivity contribution in [3.8, 4) is 11.3 Å². The maximum Gasteiger partial charge on any atom is 0.407 e. The number of hydrogen-bond acceptors (Lipinski definition) is 5. The van der Waals surface area contributed by atoms with E-state index in [1.807, 2.05) is 0 Å². The van der Waals surface area contributed by atoms with Gasteiger partial charge in [0.05, 0.1) is 10.6 Å². The van der Waals surface area contributed by atoms with Gasteiger partial charge in [-0.15, -0.1) is 0 Å². The highest BCUT2D eigenvalue weighted by atomic mass is 35.5. The first-order valence-electron chi connectivity index (χ1n) is 9.76. The molecule has 30 heavy (non-hydrogen) atoms. The SMILES string of the molecule is Cc1onc(-c2c(F)cccc2Cl)c1C(=O)NCCCCCNC(=O)OC(C)(C)C. The summed E-state index contributed by atoms with van der Waals surface area (Å²) >= 11 is 6.09. The van der Waals surface area contributed by atoms with E-state index in [1.54, 1.807) is 27.7 Å². The van der Waals surface area contributed by atoms with Gasteiger partial charge in [0.1, 0.15) is 28.4 Å². The average Bonchev–Trinajstić information content (AvgIpc) is 3.00. The van der Waals surface area contributed by atoms with Gasteiger partial charge in [-0.3, -0.25) is 4.79 Å². The summed E-state index contributed by atoms with van der Waals surface area (Å²) in [4.78, 5) is 24.2. The molecule has 1 aromatic carbocycles. The highest BCUT2D eigenvalue weighted by molar-refractivity contribution is 6.33. The second-order valence-electron chi connectivity index (χ2n) is 7.80. The van der Waals surface area contributed by atoms with Crippen LogP contribution in [0.5, 0.6) is 0 Å². The van der Waals surface area contributed by atoms with Gasteiger partial charge in [0.15, 0.2) is 0 Å². The molecule has 2 aromatic rings. The minimum Gasteiger partial charge on any atom is -0.444 e. The zero-order chi connectivity index (χ0) is 22.3. The molecule has 164 valence electrons. The predicted octanol–water partition coefficient (Wildman–Crippen LogP) is 4.87. The van der Waals surface area contributed by atoms with Gasteiger partial charge in [-0.05, 0) is 59.1 Å². The number of rotatable bonds is 8. The van der Waals surface area contributed by atoms with Gasteiger partial charge < -0.3 is 19.9 Å². The van der Waals surface area contributed by atoms with Crippen LogP contribution in [0, 0.1) is 12.7 Å². The number of nitrogens with one attached hydrogen (secondary N) is 2. The zero-order valence-corrected chi connectivity index (χ0v) is 18.4. The fourth-order valence-electron chi connectivity index (χ4n) is 2.76. The Balaban J connectivity index is 1.82. The molecule has 2 rings (SSSR count). The number of amides is 2. The van der Waals surface area contributed by atoms with Crippen molar-refractivity contribution < 1.29 is 23.2 Å². The molecule has 0 spiro atoms. The molecule has 2 amide bonds. The summed E-state index contributed by atoms with van der Waals surface area (Å²) in [6.07, 6.45) is 1.81. The first-order chi connectivity index (χ1) is 14.1. The number of ether oxygens (including phenoxy) is 1. The lowest BCUT2D eigenvalue weighted by atomic mass is 10.0. The molecule has 0 aliphatic carbocycles. The number of hydrogen-bond donors (Lipinski definition) is 2. The van der Waals surface area contributed by atoms with Crippen molar-refractivity contribution in [1.29, 1.82) is 0 Å². The minimum atomic E-state index is -0.581. The van der Waals surface area contributed by atoms with Crippen molar-refractivity contribution in [1.82, 2.24) is 15.8 Å². The number of aryl methyl sites for hydroxylation is 1. The lowest BCUT2D eigenvalue weighted by Gasteiger charge is -2.19. The number of carbonyl (C=O) groups is 2. The molecule has 0 saturated heterocycles. The molecule has 0 aliphatic heterocycles. The maximum atomic E-state index is 14.2. The Bertz CT molecular complexity index is 873. The van der Waals surface area contributed by atoms with Gasteiger partial charge in [-0.2, -0.15) is 0 Å². The normalized spacial score (nSPS) is 11.3. The van der Waals surface area contributed by atoms with Crippen LogP contribution in [-0.4, -0.2) is 35.8 Å². The van der Waals surface area contributed by atoms with Crippen molar-refractivity contribution in [3.05, 3.63) is 40.4 Å². The Labute approximate surface area is 180 Å². The van der Waals surface area contributed by atoms with E-state index >= 15 is 0 Å². The Morgan fingerprint density at radius 2 is 1.83 bits per heavy atom. The van der Waals surface area contributed by atoms with Crippen molar-refractivity contribution >= 4 is 23.6 Å². The lowest BCUT2D eigenvalue weighted by Crippen LogP contribution is -2.33. The third-order valence-electron chi connectivity index (χ3n) is 4.10. The topological polar surface area (TPSA) is 93.5 Å². The van der Waals surface area contributed by atoms with Crippen LogP contribution >= 0.6 is 11.6 Å². The summed E-state index contributed by atoms with van der Waals surface area (Å²) in [5, 5.41) is 9.45. The minimum absolute atomic E-state index is 0.0365.